The molecule has 0 amide bonds. The lowest BCUT2D eigenvalue weighted by molar-refractivity contribution is -0.0413. The van der Waals surface area contributed by atoms with Gasteiger partial charge in [-0.25, -0.2) is 0 Å². The summed E-state index contributed by atoms with van der Waals surface area (Å²) in [5.41, 5.74) is 0.653. The molecule has 0 saturated carbocycles. The van der Waals surface area contributed by atoms with Gasteiger partial charge in [0.05, 0.1) is 29.6 Å². The van der Waals surface area contributed by atoms with Crippen LogP contribution in [0, 0.1) is 0 Å². The summed E-state index contributed by atoms with van der Waals surface area (Å²) in [5, 5.41) is 0. The van der Waals surface area contributed by atoms with Crippen LogP contribution in [0.3, 0.4) is 0 Å². The van der Waals surface area contributed by atoms with Crippen molar-refractivity contribution in [3.8, 4) is 5.75 Å². The molecule has 2 heterocycles. The minimum absolute atomic E-state index is 0.00676. The first kappa shape index (κ1) is 14.3. The zero-order chi connectivity index (χ0) is 14.7. The Morgan fingerprint density at radius 2 is 1.90 bits per heavy atom. The lowest BCUT2D eigenvalue weighted by Gasteiger charge is -2.05. The lowest BCUT2D eigenvalue weighted by atomic mass is 10.1. The summed E-state index contributed by atoms with van der Waals surface area (Å²) in [4.78, 5) is 14.1. The number of carbonyl (C=O) groups excluding carboxylic acids is 1. The molecule has 1 fully saturated rings. The molecule has 0 atom stereocenters. The van der Waals surface area contributed by atoms with Crippen LogP contribution in [0.5, 0.6) is 5.75 Å². The molecule has 0 bridgehead atoms. The molecule has 0 aliphatic carbocycles. The second-order valence-corrected chi connectivity index (χ2v) is 5.68. The SMILES string of the molecule is CCOc1ccc(C(=O)c2ccc(C3OCCO3)s2)cc1. The van der Waals surface area contributed by atoms with Crippen molar-refractivity contribution in [2.45, 2.75) is 13.2 Å². The molecule has 5 heteroatoms. The van der Waals surface area contributed by atoms with Crippen molar-refractivity contribution in [3.05, 3.63) is 51.7 Å². The number of carbonyl (C=O) groups is 1. The molecule has 0 spiro atoms. The van der Waals surface area contributed by atoms with Crippen LogP contribution in [0.15, 0.2) is 36.4 Å². The van der Waals surface area contributed by atoms with Gasteiger partial charge in [0, 0.05) is 5.56 Å². The highest BCUT2D eigenvalue weighted by atomic mass is 32.1. The Labute approximate surface area is 127 Å². The monoisotopic (exact) mass is 304 g/mol. The van der Waals surface area contributed by atoms with Gasteiger partial charge in [0.2, 0.25) is 5.78 Å². The summed E-state index contributed by atoms with van der Waals surface area (Å²) in [6.45, 7) is 3.75. The second-order valence-electron chi connectivity index (χ2n) is 4.56. The number of benzene rings is 1. The molecule has 0 radical (unpaired) electrons. The Morgan fingerprint density at radius 3 is 2.57 bits per heavy atom. The minimum atomic E-state index is -0.322. The Hall–Kier alpha value is -1.69. The van der Waals surface area contributed by atoms with E-state index in [1.807, 2.05) is 31.2 Å². The van der Waals surface area contributed by atoms with Crippen LogP contribution in [0.2, 0.25) is 0 Å². The standard InChI is InChI=1S/C16H16O4S/c1-2-18-12-5-3-11(4-6-12)15(17)13-7-8-14(21-13)16-19-9-10-20-16/h3-8,16H,2,9-10H2,1H3. The largest absolute Gasteiger partial charge is 0.494 e. The second kappa shape index (κ2) is 6.39. The molecular formula is C16H16O4S. The van der Waals surface area contributed by atoms with Crippen LogP contribution in [0.1, 0.15) is 33.3 Å². The third-order valence-corrected chi connectivity index (χ3v) is 4.24. The van der Waals surface area contributed by atoms with E-state index in [9.17, 15) is 4.79 Å². The molecule has 21 heavy (non-hydrogen) atoms. The zero-order valence-electron chi connectivity index (χ0n) is 11.7. The predicted octanol–water partition coefficient (Wildman–Crippen LogP) is 3.42. The van der Waals surface area contributed by atoms with Gasteiger partial charge in [0.1, 0.15) is 5.75 Å². The van der Waals surface area contributed by atoms with E-state index in [4.69, 9.17) is 14.2 Å². The zero-order valence-corrected chi connectivity index (χ0v) is 12.5. The maximum atomic E-state index is 12.4. The summed E-state index contributed by atoms with van der Waals surface area (Å²) in [7, 11) is 0. The van der Waals surface area contributed by atoms with Gasteiger partial charge < -0.3 is 14.2 Å². The minimum Gasteiger partial charge on any atom is -0.494 e. The maximum Gasteiger partial charge on any atom is 0.202 e. The number of ether oxygens (including phenoxy) is 3. The summed E-state index contributed by atoms with van der Waals surface area (Å²) in [6, 6.07) is 10.9. The number of hydrogen-bond donors (Lipinski definition) is 0. The highest BCUT2D eigenvalue weighted by molar-refractivity contribution is 7.14. The molecule has 0 unspecified atom stereocenters. The molecule has 0 N–H and O–H groups in total. The Bertz CT molecular complexity index is 611. The first-order chi connectivity index (χ1) is 10.3. The molecule has 110 valence electrons. The topological polar surface area (TPSA) is 44.8 Å². The molecule has 1 aromatic heterocycles. The molecule has 4 nitrogen and oxygen atoms in total. The highest BCUT2D eigenvalue weighted by Crippen LogP contribution is 2.30. The third-order valence-electron chi connectivity index (χ3n) is 3.13. The van der Waals surface area contributed by atoms with E-state index in [2.05, 4.69) is 0 Å². The fourth-order valence-electron chi connectivity index (χ4n) is 2.14. The third kappa shape index (κ3) is 3.15. The molecular weight excluding hydrogens is 288 g/mol. The number of hydrogen-bond acceptors (Lipinski definition) is 5. The van der Waals surface area contributed by atoms with Gasteiger partial charge in [-0.1, -0.05) is 0 Å². The van der Waals surface area contributed by atoms with Crippen LogP contribution in [0.4, 0.5) is 0 Å². The normalized spacial score (nSPS) is 15.3. The molecule has 1 saturated heterocycles. The van der Waals surface area contributed by atoms with E-state index in [1.54, 1.807) is 12.1 Å². The Kier molecular flexibility index (Phi) is 4.34. The van der Waals surface area contributed by atoms with Crippen molar-refractivity contribution < 1.29 is 19.0 Å². The lowest BCUT2D eigenvalue weighted by Crippen LogP contribution is -1.99. The molecule has 1 aromatic carbocycles. The molecule has 1 aliphatic heterocycles. The number of ketones is 1. The average molecular weight is 304 g/mol. The van der Waals surface area contributed by atoms with Gasteiger partial charge in [0.25, 0.3) is 0 Å². The Balaban J connectivity index is 1.75. The maximum absolute atomic E-state index is 12.4. The van der Waals surface area contributed by atoms with E-state index in [1.165, 1.54) is 11.3 Å². The van der Waals surface area contributed by atoms with Gasteiger partial charge in [0.15, 0.2) is 6.29 Å². The van der Waals surface area contributed by atoms with Crippen molar-refractivity contribution in [2.24, 2.45) is 0 Å². The van der Waals surface area contributed by atoms with Crippen molar-refractivity contribution in [3.63, 3.8) is 0 Å². The van der Waals surface area contributed by atoms with Gasteiger partial charge in [-0.2, -0.15) is 0 Å². The fraction of sp³-hybridized carbons (Fsp3) is 0.312. The van der Waals surface area contributed by atoms with Gasteiger partial charge in [-0.05, 0) is 43.3 Å². The van der Waals surface area contributed by atoms with Crippen LogP contribution < -0.4 is 4.74 Å². The summed E-state index contributed by atoms with van der Waals surface area (Å²) >= 11 is 1.42. The van der Waals surface area contributed by atoms with Crippen molar-refractivity contribution in [1.29, 1.82) is 0 Å². The molecule has 1 aliphatic rings. The van der Waals surface area contributed by atoms with Gasteiger partial charge in [-0.15, -0.1) is 11.3 Å². The van der Waals surface area contributed by atoms with Crippen LogP contribution in [-0.2, 0) is 9.47 Å². The van der Waals surface area contributed by atoms with E-state index < -0.39 is 0 Å². The van der Waals surface area contributed by atoms with E-state index in [0.29, 0.717) is 30.3 Å². The smallest absolute Gasteiger partial charge is 0.202 e. The van der Waals surface area contributed by atoms with Crippen LogP contribution >= 0.6 is 11.3 Å². The first-order valence-electron chi connectivity index (χ1n) is 6.88. The predicted molar refractivity (Wildman–Crippen MR) is 80.0 cm³/mol. The van der Waals surface area contributed by atoms with Gasteiger partial charge >= 0.3 is 0 Å². The summed E-state index contributed by atoms with van der Waals surface area (Å²) < 4.78 is 16.3. The van der Waals surface area contributed by atoms with E-state index in [-0.39, 0.29) is 12.1 Å². The van der Waals surface area contributed by atoms with Crippen LogP contribution in [-0.4, -0.2) is 25.6 Å². The summed E-state index contributed by atoms with van der Waals surface area (Å²) in [5.74, 6) is 0.779. The molecule has 3 rings (SSSR count). The number of thiophene rings is 1. The first-order valence-corrected chi connectivity index (χ1v) is 7.70. The highest BCUT2D eigenvalue weighted by Gasteiger charge is 2.21. The van der Waals surface area contributed by atoms with Crippen molar-refractivity contribution >= 4 is 17.1 Å². The van der Waals surface area contributed by atoms with E-state index >= 15 is 0 Å². The number of rotatable bonds is 5. The van der Waals surface area contributed by atoms with Crippen molar-refractivity contribution in [2.75, 3.05) is 19.8 Å². The van der Waals surface area contributed by atoms with Crippen molar-refractivity contribution in [1.82, 2.24) is 0 Å². The average Bonchev–Trinajstić information content (AvgIpc) is 3.19. The Morgan fingerprint density at radius 1 is 1.19 bits per heavy atom. The molecule has 2 aromatic rings. The van der Waals surface area contributed by atoms with Gasteiger partial charge in [-0.3, -0.25) is 4.79 Å². The van der Waals surface area contributed by atoms with E-state index in [0.717, 1.165) is 10.6 Å². The quantitative estimate of drug-likeness (QED) is 0.794. The fourth-order valence-corrected chi connectivity index (χ4v) is 3.10. The van der Waals surface area contributed by atoms with Crippen LogP contribution in [0.25, 0.3) is 0 Å². The summed E-state index contributed by atoms with van der Waals surface area (Å²) in [6.07, 6.45) is -0.322.